The number of benzene rings is 2. The van der Waals surface area contributed by atoms with Crippen LogP contribution in [-0.4, -0.2) is 27.9 Å². The standard InChI is InChI=1S/C21H25N3O2/c1-4-16-8-7-9-19-20(16)22-18(14-15-10-12-17(25)13-11-15)21(26)24(19)23(5-2)6-3/h7-13,25H,4-6,14H2,1-3H3. The van der Waals surface area contributed by atoms with Crippen molar-refractivity contribution in [3.63, 3.8) is 0 Å². The fourth-order valence-corrected chi connectivity index (χ4v) is 3.29. The lowest BCUT2D eigenvalue weighted by atomic mass is 10.1. The van der Waals surface area contributed by atoms with Crippen molar-refractivity contribution in [1.82, 2.24) is 9.66 Å². The lowest BCUT2D eigenvalue weighted by molar-refractivity contribution is 0.475. The molecule has 0 aliphatic rings. The van der Waals surface area contributed by atoms with Crippen molar-refractivity contribution in [2.45, 2.75) is 33.6 Å². The molecule has 3 aromatic rings. The van der Waals surface area contributed by atoms with Gasteiger partial charge in [-0.15, -0.1) is 0 Å². The Morgan fingerprint density at radius 3 is 2.35 bits per heavy atom. The summed E-state index contributed by atoms with van der Waals surface area (Å²) in [6, 6.07) is 12.9. The van der Waals surface area contributed by atoms with Crippen LogP contribution in [0.15, 0.2) is 47.3 Å². The molecule has 136 valence electrons. The lowest BCUT2D eigenvalue weighted by Gasteiger charge is -2.26. The molecule has 1 N–H and O–H groups in total. The first-order valence-electron chi connectivity index (χ1n) is 9.15. The Hall–Kier alpha value is -2.82. The molecule has 0 saturated heterocycles. The van der Waals surface area contributed by atoms with Crippen LogP contribution in [0.4, 0.5) is 0 Å². The maximum Gasteiger partial charge on any atom is 0.291 e. The van der Waals surface area contributed by atoms with E-state index in [1.165, 1.54) is 0 Å². The quantitative estimate of drug-likeness (QED) is 0.741. The van der Waals surface area contributed by atoms with Crippen LogP contribution in [0.25, 0.3) is 11.0 Å². The Morgan fingerprint density at radius 1 is 1.04 bits per heavy atom. The Bertz CT molecular complexity index is 957. The van der Waals surface area contributed by atoms with Crippen LogP contribution in [0.1, 0.15) is 37.6 Å². The minimum atomic E-state index is -0.0810. The SMILES string of the molecule is CCc1cccc2c1nc(Cc1ccc(O)cc1)c(=O)n2N(CC)CC. The van der Waals surface area contributed by atoms with E-state index >= 15 is 0 Å². The van der Waals surface area contributed by atoms with Gasteiger partial charge in [0.05, 0.1) is 11.0 Å². The summed E-state index contributed by atoms with van der Waals surface area (Å²) >= 11 is 0. The second kappa shape index (κ2) is 7.60. The number of nitrogens with zero attached hydrogens (tertiary/aromatic N) is 3. The van der Waals surface area contributed by atoms with E-state index in [4.69, 9.17) is 4.98 Å². The third-order valence-corrected chi connectivity index (χ3v) is 4.71. The van der Waals surface area contributed by atoms with Crippen LogP contribution in [0, 0.1) is 0 Å². The van der Waals surface area contributed by atoms with Crippen LogP contribution in [0.5, 0.6) is 5.75 Å². The summed E-state index contributed by atoms with van der Waals surface area (Å²) in [6.07, 6.45) is 1.30. The highest BCUT2D eigenvalue weighted by atomic mass is 16.3. The second-order valence-corrected chi connectivity index (χ2v) is 6.30. The van der Waals surface area contributed by atoms with Gasteiger partial charge in [-0.3, -0.25) is 4.79 Å². The smallest absolute Gasteiger partial charge is 0.291 e. The van der Waals surface area contributed by atoms with Crippen LogP contribution in [0.2, 0.25) is 0 Å². The fraction of sp³-hybridized carbons (Fsp3) is 0.333. The van der Waals surface area contributed by atoms with E-state index in [9.17, 15) is 9.90 Å². The van der Waals surface area contributed by atoms with E-state index in [1.54, 1.807) is 16.8 Å². The number of fused-ring (bicyclic) bond motifs is 1. The molecular formula is C21H25N3O2. The summed E-state index contributed by atoms with van der Waals surface area (Å²) in [7, 11) is 0. The summed E-state index contributed by atoms with van der Waals surface area (Å²) in [4.78, 5) is 18.0. The van der Waals surface area contributed by atoms with Gasteiger partial charge in [-0.25, -0.2) is 9.66 Å². The summed E-state index contributed by atoms with van der Waals surface area (Å²) in [6.45, 7) is 7.68. The molecule has 0 aliphatic carbocycles. The molecule has 0 amide bonds. The number of phenols is 1. The van der Waals surface area contributed by atoms with Crippen molar-refractivity contribution in [2.75, 3.05) is 18.1 Å². The number of rotatable bonds is 6. The van der Waals surface area contributed by atoms with Crippen molar-refractivity contribution in [2.24, 2.45) is 0 Å². The molecule has 0 aliphatic heterocycles. The van der Waals surface area contributed by atoms with Crippen molar-refractivity contribution in [1.29, 1.82) is 0 Å². The van der Waals surface area contributed by atoms with Gasteiger partial charge in [0.15, 0.2) is 0 Å². The molecule has 0 atom stereocenters. The van der Waals surface area contributed by atoms with E-state index in [2.05, 4.69) is 13.0 Å². The molecule has 0 unspecified atom stereocenters. The average Bonchev–Trinajstić information content (AvgIpc) is 2.66. The Kier molecular flexibility index (Phi) is 5.26. The highest BCUT2D eigenvalue weighted by molar-refractivity contribution is 5.79. The third kappa shape index (κ3) is 3.29. The summed E-state index contributed by atoms with van der Waals surface area (Å²) in [5.41, 5.74) is 4.27. The van der Waals surface area contributed by atoms with Gasteiger partial charge in [0.2, 0.25) is 0 Å². The van der Waals surface area contributed by atoms with Crippen molar-refractivity contribution >= 4 is 11.0 Å². The van der Waals surface area contributed by atoms with Crippen molar-refractivity contribution in [3.05, 3.63) is 69.6 Å². The Morgan fingerprint density at radius 2 is 1.73 bits per heavy atom. The zero-order valence-electron chi connectivity index (χ0n) is 15.6. The maximum absolute atomic E-state index is 13.2. The first kappa shape index (κ1) is 18.0. The maximum atomic E-state index is 13.2. The van der Waals surface area contributed by atoms with Crippen LogP contribution in [-0.2, 0) is 12.8 Å². The molecule has 5 nitrogen and oxygen atoms in total. The first-order chi connectivity index (χ1) is 12.6. The van der Waals surface area contributed by atoms with E-state index in [1.807, 2.05) is 43.1 Å². The number of aryl methyl sites for hydroxylation is 1. The zero-order chi connectivity index (χ0) is 18.7. The minimum Gasteiger partial charge on any atom is -0.508 e. The van der Waals surface area contributed by atoms with Gasteiger partial charge in [0, 0.05) is 19.5 Å². The van der Waals surface area contributed by atoms with E-state index < -0.39 is 0 Å². The predicted molar refractivity (Wildman–Crippen MR) is 106 cm³/mol. The first-order valence-corrected chi connectivity index (χ1v) is 9.15. The monoisotopic (exact) mass is 351 g/mol. The van der Waals surface area contributed by atoms with Gasteiger partial charge in [-0.2, -0.15) is 0 Å². The topological polar surface area (TPSA) is 58.4 Å². The Labute approximate surface area is 153 Å². The summed E-state index contributed by atoms with van der Waals surface area (Å²) < 4.78 is 1.78. The molecule has 3 rings (SSSR count). The molecular weight excluding hydrogens is 326 g/mol. The molecule has 0 saturated carbocycles. The molecule has 0 spiro atoms. The number of aromatic hydroxyl groups is 1. The molecule has 26 heavy (non-hydrogen) atoms. The Balaban J connectivity index is 2.24. The number of aromatic nitrogens is 2. The number of phenolic OH excluding ortho intramolecular Hbond substituents is 1. The second-order valence-electron chi connectivity index (χ2n) is 6.30. The van der Waals surface area contributed by atoms with Crippen molar-refractivity contribution in [3.8, 4) is 5.75 Å². The van der Waals surface area contributed by atoms with Gasteiger partial charge in [-0.1, -0.05) is 31.2 Å². The zero-order valence-corrected chi connectivity index (χ0v) is 15.6. The van der Waals surface area contributed by atoms with Gasteiger partial charge in [0.25, 0.3) is 5.56 Å². The molecule has 0 fully saturated rings. The van der Waals surface area contributed by atoms with Crippen LogP contribution < -0.4 is 10.6 Å². The van der Waals surface area contributed by atoms with Gasteiger partial charge in [0.1, 0.15) is 11.4 Å². The minimum absolute atomic E-state index is 0.0810. The van der Waals surface area contributed by atoms with Crippen LogP contribution >= 0.6 is 0 Å². The van der Waals surface area contributed by atoms with Gasteiger partial charge < -0.3 is 10.1 Å². The summed E-state index contributed by atoms with van der Waals surface area (Å²) in [5, 5.41) is 11.5. The fourth-order valence-electron chi connectivity index (χ4n) is 3.29. The number of para-hydroxylation sites is 1. The average molecular weight is 351 g/mol. The number of hydrogen-bond acceptors (Lipinski definition) is 4. The van der Waals surface area contributed by atoms with Crippen molar-refractivity contribution < 1.29 is 5.11 Å². The molecule has 2 aromatic carbocycles. The highest BCUT2D eigenvalue weighted by Crippen LogP contribution is 2.18. The molecule has 1 heterocycles. The van der Waals surface area contributed by atoms with E-state index in [0.717, 1.165) is 41.7 Å². The molecule has 0 radical (unpaired) electrons. The van der Waals surface area contributed by atoms with E-state index in [0.29, 0.717) is 12.1 Å². The van der Waals surface area contributed by atoms with Gasteiger partial charge in [-0.05, 0) is 49.6 Å². The normalized spacial score (nSPS) is 11.0. The third-order valence-electron chi connectivity index (χ3n) is 4.71. The van der Waals surface area contributed by atoms with E-state index in [-0.39, 0.29) is 11.3 Å². The highest BCUT2D eigenvalue weighted by Gasteiger charge is 2.16. The number of hydrogen-bond donors (Lipinski definition) is 1. The molecule has 0 bridgehead atoms. The summed E-state index contributed by atoms with van der Waals surface area (Å²) in [5.74, 6) is 0.217. The predicted octanol–water partition coefficient (Wildman–Crippen LogP) is 3.23. The van der Waals surface area contributed by atoms with Gasteiger partial charge >= 0.3 is 0 Å². The van der Waals surface area contributed by atoms with Crippen LogP contribution in [0.3, 0.4) is 0 Å². The molecule has 1 aromatic heterocycles. The molecule has 5 heteroatoms. The lowest BCUT2D eigenvalue weighted by Crippen LogP contribution is -2.43. The largest absolute Gasteiger partial charge is 0.508 e.